The number of amides is 1. The molecule has 0 radical (unpaired) electrons. The fourth-order valence-electron chi connectivity index (χ4n) is 3.82. The maximum absolute atomic E-state index is 12.9. The number of hydrogen-bond acceptors (Lipinski definition) is 5. The Balaban J connectivity index is 1.98. The monoisotopic (exact) mass is 388 g/mol. The lowest BCUT2D eigenvalue weighted by molar-refractivity contribution is 0.0601. The fraction of sp³-hybridized carbons (Fsp3) is 0.450. The van der Waals surface area contributed by atoms with Gasteiger partial charge in [-0.2, -0.15) is 0 Å². The first-order chi connectivity index (χ1) is 12.8. The summed E-state index contributed by atoms with van der Waals surface area (Å²) in [5.74, 6) is -0.864. The second-order valence-electron chi connectivity index (χ2n) is 6.90. The van der Waals surface area contributed by atoms with E-state index in [1.54, 1.807) is 13.8 Å². The van der Waals surface area contributed by atoms with Crippen molar-refractivity contribution in [1.82, 2.24) is 4.98 Å². The van der Waals surface area contributed by atoms with Crippen LogP contribution in [-0.2, 0) is 17.6 Å². The second kappa shape index (κ2) is 7.68. The van der Waals surface area contributed by atoms with E-state index in [2.05, 4.69) is 10.3 Å². The first-order valence-corrected chi connectivity index (χ1v) is 9.91. The lowest BCUT2D eigenvalue weighted by Gasteiger charge is -2.07. The van der Waals surface area contributed by atoms with E-state index in [-0.39, 0.29) is 11.7 Å². The minimum Gasteiger partial charge on any atom is -0.465 e. The highest BCUT2D eigenvalue weighted by Crippen LogP contribution is 2.38. The van der Waals surface area contributed by atoms with Gasteiger partial charge in [-0.15, -0.1) is 11.3 Å². The molecule has 1 amide bonds. The van der Waals surface area contributed by atoms with Gasteiger partial charge < -0.3 is 15.0 Å². The number of ether oxygens (including phenoxy) is 1. The van der Waals surface area contributed by atoms with E-state index in [4.69, 9.17) is 4.74 Å². The Morgan fingerprint density at radius 3 is 2.41 bits per heavy atom. The number of esters is 1. The zero-order valence-corrected chi connectivity index (χ0v) is 16.9. The Morgan fingerprint density at radius 1 is 1.07 bits per heavy atom. The summed E-state index contributed by atoms with van der Waals surface area (Å²) in [5, 5.41) is 3.40. The van der Waals surface area contributed by atoms with Crippen molar-refractivity contribution in [2.45, 2.75) is 52.9 Å². The Bertz CT molecular complexity index is 923. The molecule has 0 atom stereocenters. The van der Waals surface area contributed by atoms with Crippen LogP contribution in [0.2, 0.25) is 0 Å². The van der Waals surface area contributed by atoms with Crippen LogP contribution in [0.3, 0.4) is 0 Å². The molecule has 0 aliphatic heterocycles. The number of fused-ring (bicyclic) bond motifs is 1. The third-order valence-corrected chi connectivity index (χ3v) is 6.26. The SMILES string of the molecule is COC(=O)c1c(NC(=O)c2[nH]c(C)c(C(C)=O)c2C)sc2c1CCCCC2. The van der Waals surface area contributed by atoms with E-state index in [0.717, 1.165) is 42.5 Å². The summed E-state index contributed by atoms with van der Waals surface area (Å²) in [4.78, 5) is 41.2. The number of thiophene rings is 1. The topological polar surface area (TPSA) is 88.3 Å². The lowest BCUT2D eigenvalue weighted by Crippen LogP contribution is -2.16. The second-order valence-corrected chi connectivity index (χ2v) is 8.00. The maximum Gasteiger partial charge on any atom is 0.341 e. The summed E-state index contributed by atoms with van der Waals surface area (Å²) >= 11 is 1.45. The summed E-state index contributed by atoms with van der Waals surface area (Å²) in [7, 11) is 1.35. The zero-order valence-electron chi connectivity index (χ0n) is 16.1. The molecule has 0 unspecified atom stereocenters. The normalized spacial score (nSPS) is 13.6. The number of anilines is 1. The van der Waals surface area contributed by atoms with E-state index >= 15 is 0 Å². The molecule has 27 heavy (non-hydrogen) atoms. The third-order valence-electron chi connectivity index (χ3n) is 5.05. The van der Waals surface area contributed by atoms with Crippen molar-refractivity contribution in [2.24, 2.45) is 0 Å². The molecule has 0 spiro atoms. The van der Waals surface area contributed by atoms with Crippen LogP contribution in [0.5, 0.6) is 0 Å². The number of hydrogen-bond donors (Lipinski definition) is 2. The quantitative estimate of drug-likeness (QED) is 0.467. The van der Waals surface area contributed by atoms with Crippen molar-refractivity contribution in [1.29, 1.82) is 0 Å². The minimum atomic E-state index is -0.423. The number of H-pyrrole nitrogens is 1. The van der Waals surface area contributed by atoms with Crippen LogP contribution in [0.15, 0.2) is 0 Å². The molecule has 2 aromatic heterocycles. The predicted molar refractivity (Wildman–Crippen MR) is 105 cm³/mol. The van der Waals surface area contributed by atoms with Crippen molar-refractivity contribution in [3.05, 3.63) is 38.5 Å². The van der Waals surface area contributed by atoms with E-state index in [9.17, 15) is 14.4 Å². The summed E-state index contributed by atoms with van der Waals surface area (Å²) < 4.78 is 4.97. The van der Waals surface area contributed by atoms with Crippen molar-refractivity contribution < 1.29 is 19.1 Å². The molecular formula is C20H24N2O4S. The van der Waals surface area contributed by atoms with Gasteiger partial charge in [-0.1, -0.05) is 6.42 Å². The predicted octanol–water partition coefficient (Wildman–Crippen LogP) is 4.20. The molecule has 0 saturated heterocycles. The number of aryl methyl sites for hydroxylation is 2. The van der Waals surface area contributed by atoms with Gasteiger partial charge in [-0.3, -0.25) is 9.59 Å². The molecule has 1 aliphatic carbocycles. The Kier molecular flexibility index (Phi) is 5.51. The van der Waals surface area contributed by atoms with Crippen LogP contribution in [0, 0.1) is 13.8 Å². The molecule has 0 aromatic carbocycles. The van der Waals surface area contributed by atoms with Gasteiger partial charge in [0.2, 0.25) is 0 Å². The van der Waals surface area contributed by atoms with E-state index in [1.165, 1.54) is 25.4 Å². The highest BCUT2D eigenvalue weighted by Gasteiger charge is 2.27. The molecule has 0 bridgehead atoms. The molecule has 0 saturated carbocycles. The van der Waals surface area contributed by atoms with Crippen molar-refractivity contribution >= 4 is 34.0 Å². The number of carbonyl (C=O) groups is 3. The number of rotatable bonds is 4. The van der Waals surface area contributed by atoms with Gasteiger partial charge in [0.1, 0.15) is 10.7 Å². The molecule has 6 nitrogen and oxygen atoms in total. The van der Waals surface area contributed by atoms with E-state index in [0.29, 0.717) is 33.1 Å². The first-order valence-electron chi connectivity index (χ1n) is 9.09. The molecule has 2 heterocycles. The molecule has 144 valence electrons. The van der Waals surface area contributed by atoms with Crippen molar-refractivity contribution in [3.63, 3.8) is 0 Å². The van der Waals surface area contributed by atoms with Gasteiger partial charge in [0.25, 0.3) is 5.91 Å². The Labute approximate surface area is 162 Å². The van der Waals surface area contributed by atoms with Gasteiger partial charge in [0, 0.05) is 16.1 Å². The van der Waals surface area contributed by atoms with Gasteiger partial charge >= 0.3 is 5.97 Å². The lowest BCUT2D eigenvalue weighted by atomic mass is 10.1. The number of aromatic nitrogens is 1. The van der Waals surface area contributed by atoms with Crippen LogP contribution in [0.1, 0.15) is 79.1 Å². The van der Waals surface area contributed by atoms with E-state index < -0.39 is 5.97 Å². The van der Waals surface area contributed by atoms with Crippen LogP contribution in [0.4, 0.5) is 5.00 Å². The highest BCUT2D eigenvalue weighted by molar-refractivity contribution is 7.17. The summed E-state index contributed by atoms with van der Waals surface area (Å²) in [6.45, 7) is 5.00. The Hall–Kier alpha value is -2.41. The van der Waals surface area contributed by atoms with Crippen LogP contribution >= 0.6 is 11.3 Å². The van der Waals surface area contributed by atoms with Gasteiger partial charge in [-0.05, 0) is 57.6 Å². The number of methoxy groups -OCH3 is 1. The number of carbonyl (C=O) groups excluding carboxylic acids is 3. The van der Waals surface area contributed by atoms with Gasteiger partial charge in [0.15, 0.2) is 5.78 Å². The zero-order chi connectivity index (χ0) is 19.7. The van der Waals surface area contributed by atoms with Gasteiger partial charge in [0.05, 0.1) is 12.7 Å². The number of aromatic amines is 1. The van der Waals surface area contributed by atoms with Gasteiger partial charge in [-0.25, -0.2) is 4.79 Å². The summed E-state index contributed by atoms with van der Waals surface area (Å²) in [6, 6.07) is 0. The molecule has 3 rings (SSSR count). The highest BCUT2D eigenvalue weighted by atomic mass is 32.1. The standard InChI is InChI=1S/C20H24N2O4S/c1-10-15(12(3)23)11(2)21-17(10)18(24)22-19-16(20(25)26-4)13-8-6-5-7-9-14(13)27-19/h21H,5-9H2,1-4H3,(H,22,24). The average molecular weight is 388 g/mol. The summed E-state index contributed by atoms with van der Waals surface area (Å²) in [6.07, 6.45) is 4.98. The van der Waals surface area contributed by atoms with Crippen molar-refractivity contribution in [3.8, 4) is 0 Å². The molecule has 7 heteroatoms. The smallest absolute Gasteiger partial charge is 0.341 e. The number of Topliss-reactive ketones (excluding diaryl/α,β-unsaturated/α-hetero) is 1. The molecule has 0 fully saturated rings. The van der Waals surface area contributed by atoms with Crippen molar-refractivity contribution in [2.75, 3.05) is 12.4 Å². The van der Waals surface area contributed by atoms with Crippen LogP contribution in [0.25, 0.3) is 0 Å². The van der Waals surface area contributed by atoms with E-state index in [1.807, 2.05) is 0 Å². The summed E-state index contributed by atoms with van der Waals surface area (Å²) in [5.41, 5.74) is 3.65. The largest absolute Gasteiger partial charge is 0.465 e. The first kappa shape index (κ1) is 19.4. The molecule has 1 aliphatic rings. The number of ketones is 1. The molecular weight excluding hydrogens is 364 g/mol. The minimum absolute atomic E-state index is 0.0848. The van der Waals surface area contributed by atoms with Crippen LogP contribution in [-0.4, -0.2) is 29.8 Å². The van der Waals surface area contributed by atoms with Crippen LogP contribution < -0.4 is 5.32 Å². The maximum atomic E-state index is 12.9. The molecule has 2 aromatic rings. The fourth-order valence-corrected chi connectivity index (χ4v) is 5.09. The molecule has 2 N–H and O–H groups in total. The number of nitrogens with one attached hydrogen (secondary N) is 2. The average Bonchev–Trinajstić information content (AvgIpc) is 3.00. The third kappa shape index (κ3) is 3.56. The Morgan fingerprint density at radius 2 is 1.78 bits per heavy atom.